The predicted octanol–water partition coefficient (Wildman–Crippen LogP) is 0.551. The van der Waals surface area contributed by atoms with Gasteiger partial charge in [-0.25, -0.2) is 9.18 Å². The van der Waals surface area contributed by atoms with E-state index < -0.39 is 35.7 Å². The van der Waals surface area contributed by atoms with Crippen LogP contribution in [0.2, 0.25) is 0 Å². The van der Waals surface area contributed by atoms with Crippen molar-refractivity contribution in [3.05, 3.63) is 35.6 Å². The molecule has 0 radical (unpaired) electrons. The summed E-state index contributed by atoms with van der Waals surface area (Å²) in [7, 11) is 1.20. The summed E-state index contributed by atoms with van der Waals surface area (Å²) in [5, 5.41) is 4.87. The van der Waals surface area contributed by atoms with Crippen LogP contribution in [0, 0.1) is 5.82 Å². The van der Waals surface area contributed by atoms with Crippen molar-refractivity contribution < 1.29 is 23.5 Å². The molecule has 0 spiro atoms. The molecule has 1 aromatic carbocycles. The van der Waals surface area contributed by atoms with E-state index in [4.69, 9.17) is 0 Å². The molecule has 120 valence electrons. The van der Waals surface area contributed by atoms with Crippen LogP contribution in [0.1, 0.15) is 19.4 Å². The monoisotopic (exact) mass is 310 g/mol. The van der Waals surface area contributed by atoms with Gasteiger partial charge < -0.3 is 15.4 Å². The molecule has 0 heterocycles. The molecule has 22 heavy (non-hydrogen) atoms. The van der Waals surface area contributed by atoms with Crippen molar-refractivity contribution in [1.82, 2.24) is 10.6 Å². The van der Waals surface area contributed by atoms with Gasteiger partial charge in [0, 0.05) is 13.3 Å². The highest BCUT2D eigenvalue weighted by Gasteiger charge is 2.25. The van der Waals surface area contributed by atoms with Crippen LogP contribution in [0.3, 0.4) is 0 Å². The van der Waals surface area contributed by atoms with Crippen LogP contribution in [0.5, 0.6) is 0 Å². The van der Waals surface area contributed by atoms with Crippen LogP contribution in [-0.4, -0.2) is 37.0 Å². The Kier molecular flexibility index (Phi) is 6.49. The number of ether oxygens (including phenoxy) is 1. The summed E-state index contributed by atoms with van der Waals surface area (Å²) < 4.78 is 18.2. The number of hydrogen-bond acceptors (Lipinski definition) is 4. The lowest BCUT2D eigenvalue weighted by molar-refractivity contribution is -0.144. The molecule has 0 bridgehead atoms. The Labute approximate surface area is 128 Å². The molecule has 7 heteroatoms. The zero-order chi connectivity index (χ0) is 16.7. The molecule has 2 atom stereocenters. The maximum absolute atomic E-state index is 13.7. The number of nitrogens with one attached hydrogen (secondary N) is 2. The van der Waals surface area contributed by atoms with Gasteiger partial charge >= 0.3 is 5.97 Å². The molecule has 0 aliphatic carbocycles. The molecule has 1 aromatic rings. The Morgan fingerprint density at radius 3 is 2.41 bits per heavy atom. The topological polar surface area (TPSA) is 84.5 Å². The number of halogens is 1. The molecular formula is C15H19FN2O4. The third-order valence-electron chi connectivity index (χ3n) is 2.99. The predicted molar refractivity (Wildman–Crippen MR) is 77.3 cm³/mol. The number of methoxy groups -OCH3 is 1. The van der Waals surface area contributed by atoms with Crippen molar-refractivity contribution in [1.29, 1.82) is 0 Å². The highest BCUT2D eigenvalue weighted by Crippen LogP contribution is 2.09. The first kappa shape index (κ1) is 17.6. The molecule has 0 aliphatic rings. The van der Waals surface area contributed by atoms with Gasteiger partial charge in [-0.1, -0.05) is 18.2 Å². The van der Waals surface area contributed by atoms with Crippen molar-refractivity contribution in [3.63, 3.8) is 0 Å². The fourth-order valence-corrected chi connectivity index (χ4v) is 1.89. The third-order valence-corrected chi connectivity index (χ3v) is 2.99. The average Bonchev–Trinajstić information content (AvgIpc) is 2.47. The van der Waals surface area contributed by atoms with Crippen molar-refractivity contribution in [2.45, 2.75) is 32.4 Å². The Balaban J connectivity index is 2.84. The number of carbonyl (C=O) groups is 3. The van der Waals surface area contributed by atoms with Gasteiger partial charge in [0.15, 0.2) is 0 Å². The van der Waals surface area contributed by atoms with E-state index in [-0.39, 0.29) is 6.42 Å². The van der Waals surface area contributed by atoms with E-state index in [1.54, 1.807) is 6.07 Å². The summed E-state index contributed by atoms with van der Waals surface area (Å²) in [5.74, 6) is -2.09. The van der Waals surface area contributed by atoms with Crippen LogP contribution in [-0.2, 0) is 25.5 Å². The highest BCUT2D eigenvalue weighted by atomic mass is 19.1. The number of esters is 1. The van der Waals surface area contributed by atoms with Crippen LogP contribution < -0.4 is 10.6 Å². The second-order valence-electron chi connectivity index (χ2n) is 4.80. The number of hydrogen-bond donors (Lipinski definition) is 2. The lowest BCUT2D eigenvalue weighted by Crippen LogP contribution is -2.51. The number of carbonyl (C=O) groups excluding carboxylic acids is 3. The molecule has 0 aliphatic heterocycles. The summed E-state index contributed by atoms with van der Waals surface area (Å²) in [4.78, 5) is 34.7. The van der Waals surface area contributed by atoms with Crippen molar-refractivity contribution in [2.75, 3.05) is 7.11 Å². The fraction of sp³-hybridized carbons (Fsp3) is 0.400. The molecular weight excluding hydrogens is 291 g/mol. The van der Waals surface area contributed by atoms with Crippen molar-refractivity contribution >= 4 is 17.8 Å². The van der Waals surface area contributed by atoms with Crippen molar-refractivity contribution in [3.8, 4) is 0 Å². The molecule has 1 rings (SSSR count). The molecule has 0 saturated carbocycles. The van der Waals surface area contributed by atoms with Gasteiger partial charge in [-0.3, -0.25) is 9.59 Å². The smallest absolute Gasteiger partial charge is 0.328 e. The van der Waals surface area contributed by atoms with Crippen LogP contribution >= 0.6 is 0 Å². The zero-order valence-corrected chi connectivity index (χ0v) is 12.7. The lowest BCUT2D eigenvalue weighted by Gasteiger charge is -2.20. The zero-order valence-electron chi connectivity index (χ0n) is 12.7. The van der Waals surface area contributed by atoms with E-state index >= 15 is 0 Å². The minimum absolute atomic E-state index is 0.0218. The normalized spacial score (nSPS) is 12.9. The Morgan fingerprint density at radius 1 is 1.23 bits per heavy atom. The van der Waals surface area contributed by atoms with Crippen LogP contribution in [0.25, 0.3) is 0 Å². The second-order valence-corrected chi connectivity index (χ2v) is 4.80. The van der Waals surface area contributed by atoms with E-state index in [0.29, 0.717) is 5.56 Å². The van der Waals surface area contributed by atoms with Crippen LogP contribution in [0.15, 0.2) is 24.3 Å². The summed E-state index contributed by atoms with van der Waals surface area (Å²) in [6.45, 7) is 2.71. The molecule has 2 N–H and O–H groups in total. The molecule has 6 nitrogen and oxygen atoms in total. The number of rotatable bonds is 6. The van der Waals surface area contributed by atoms with Gasteiger partial charge in [0.1, 0.15) is 17.9 Å². The van der Waals surface area contributed by atoms with E-state index in [0.717, 1.165) is 0 Å². The minimum Gasteiger partial charge on any atom is -0.467 e. The van der Waals surface area contributed by atoms with Gasteiger partial charge in [-0.05, 0) is 18.6 Å². The molecule has 2 amide bonds. The molecule has 0 fully saturated rings. The van der Waals surface area contributed by atoms with Crippen molar-refractivity contribution in [2.24, 2.45) is 0 Å². The summed E-state index contributed by atoms with van der Waals surface area (Å²) in [5.41, 5.74) is 0.294. The lowest BCUT2D eigenvalue weighted by atomic mass is 10.0. The number of amides is 2. The largest absolute Gasteiger partial charge is 0.467 e. The minimum atomic E-state index is -0.985. The first-order valence-corrected chi connectivity index (χ1v) is 6.73. The Morgan fingerprint density at radius 2 is 1.86 bits per heavy atom. The Hall–Kier alpha value is -2.44. The maximum Gasteiger partial charge on any atom is 0.328 e. The highest BCUT2D eigenvalue weighted by molar-refractivity contribution is 5.90. The van der Waals surface area contributed by atoms with Gasteiger partial charge in [-0.2, -0.15) is 0 Å². The summed E-state index contributed by atoms with van der Waals surface area (Å²) >= 11 is 0. The maximum atomic E-state index is 13.7. The summed E-state index contributed by atoms with van der Waals surface area (Å²) in [6.07, 6.45) is -0.0218. The van der Waals surface area contributed by atoms with Gasteiger partial charge in [0.25, 0.3) is 0 Å². The first-order chi connectivity index (χ1) is 10.3. The number of benzene rings is 1. The second kappa shape index (κ2) is 8.11. The van der Waals surface area contributed by atoms with E-state index in [9.17, 15) is 18.8 Å². The standard InChI is InChI=1S/C15H19FN2O4/c1-9(15(21)22-3)17-14(20)13(18-10(2)19)8-11-6-4-5-7-12(11)16/h4-7,9,13H,8H2,1-3H3,(H,17,20)(H,18,19)/t9-,13-/m0/s1. The molecule has 0 aromatic heterocycles. The Bertz CT molecular complexity index is 562. The summed E-state index contributed by atoms with van der Waals surface area (Å²) in [6, 6.07) is 4.12. The SMILES string of the molecule is COC(=O)[C@H](C)NC(=O)[C@H](Cc1ccccc1F)NC(C)=O. The van der Waals surface area contributed by atoms with Gasteiger partial charge in [0.05, 0.1) is 7.11 Å². The van der Waals surface area contributed by atoms with E-state index in [1.165, 1.54) is 39.2 Å². The van der Waals surface area contributed by atoms with Gasteiger partial charge in [-0.15, -0.1) is 0 Å². The third kappa shape index (κ3) is 5.16. The van der Waals surface area contributed by atoms with E-state index in [1.807, 2.05) is 0 Å². The first-order valence-electron chi connectivity index (χ1n) is 6.73. The molecule has 0 saturated heterocycles. The molecule has 0 unspecified atom stereocenters. The van der Waals surface area contributed by atoms with Crippen LogP contribution in [0.4, 0.5) is 4.39 Å². The van der Waals surface area contributed by atoms with E-state index in [2.05, 4.69) is 15.4 Å². The average molecular weight is 310 g/mol. The van der Waals surface area contributed by atoms with Gasteiger partial charge in [0.2, 0.25) is 11.8 Å². The fourth-order valence-electron chi connectivity index (χ4n) is 1.89. The quantitative estimate of drug-likeness (QED) is 0.752.